The van der Waals surface area contributed by atoms with Gasteiger partial charge in [-0.3, -0.25) is 9.69 Å². The highest BCUT2D eigenvalue weighted by Gasteiger charge is 2.32. The molecule has 0 atom stereocenters. The highest BCUT2D eigenvalue weighted by atomic mass is 19.4. The predicted molar refractivity (Wildman–Crippen MR) is 131 cm³/mol. The van der Waals surface area contributed by atoms with Crippen molar-refractivity contribution in [2.24, 2.45) is 11.0 Å². The Kier molecular flexibility index (Phi) is 7.98. The monoisotopic (exact) mass is 479 g/mol. The molecule has 4 rings (SSSR count). The molecule has 35 heavy (non-hydrogen) atoms. The molecule has 1 N–H and O–H groups in total. The van der Waals surface area contributed by atoms with Gasteiger partial charge in [-0.05, 0) is 67.6 Å². The van der Waals surface area contributed by atoms with Crippen molar-refractivity contribution >= 4 is 12.1 Å². The van der Waals surface area contributed by atoms with E-state index in [4.69, 9.17) is 0 Å². The molecule has 0 saturated carbocycles. The lowest BCUT2D eigenvalue weighted by Crippen LogP contribution is -2.33. The minimum Gasteiger partial charge on any atom is -0.299 e. The molecule has 7 heteroatoms. The van der Waals surface area contributed by atoms with E-state index in [1.54, 1.807) is 12.1 Å². The molecule has 4 nitrogen and oxygen atoms in total. The Balaban J connectivity index is 1.25. The third-order valence-electron chi connectivity index (χ3n) is 6.33. The second kappa shape index (κ2) is 11.3. The minimum atomic E-state index is -4.49. The van der Waals surface area contributed by atoms with Gasteiger partial charge in [-0.1, -0.05) is 60.7 Å². The maximum absolute atomic E-state index is 13.1. The Morgan fingerprint density at radius 1 is 0.914 bits per heavy atom. The number of nitrogens with zero attached hydrogens (tertiary/aromatic N) is 2. The number of likely N-dealkylation sites (tertiary alicyclic amines) is 1. The zero-order valence-corrected chi connectivity index (χ0v) is 19.3. The van der Waals surface area contributed by atoms with Crippen molar-refractivity contribution in [2.75, 3.05) is 13.1 Å². The highest BCUT2D eigenvalue weighted by molar-refractivity contribution is 5.95. The quantitative estimate of drug-likeness (QED) is 0.338. The number of hydrogen-bond acceptors (Lipinski definition) is 3. The van der Waals surface area contributed by atoms with Crippen LogP contribution in [0.2, 0.25) is 0 Å². The molecule has 3 aromatic carbocycles. The van der Waals surface area contributed by atoms with Crippen LogP contribution in [0.4, 0.5) is 13.2 Å². The van der Waals surface area contributed by atoms with Crippen molar-refractivity contribution < 1.29 is 18.0 Å². The van der Waals surface area contributed by atoms with Crippen LogP contribution in [0.25, 0.3) is 0 Å². The van der Waals surface area contributed by atoms with E-state index in [1.807, 2.05) is 18.2 Å². The molecule has 1 fully saturated rings. The summed E-state index contributed by atoms with van der Waals surface area (Å²) in [6.45, 7) is 2.92. The number of hydrogen-bond donors (Lipinski definition) is 1. The van der Waals surface area contributed by atoms with Crippen molar-refractivity contribution in [2.45, 2.75) is 32.0 Å². The molecular weight excluding hydrogens is 451 g/mol. The summed E-state index contributed by atoms with van der Waals surface area (Å²) in [6.07, 6.45) is -0.00536. The van der Waals surface area contributed by atoms with E-state index in [2.05, 4.69) is 39.7 Å². The second-order valence-corrected chi connectivity index (χ2v) is 8.89. The van der Waals surface area contributed by atoms with Gasteiger partial charge in [0.1, 0.15) is 0 Å². The fourth-order valence-electron chi connectivity index (χ4n) is 4.41. The van der Waals surface area contributed by atoms with Gasteiger partial charge in [0.2, 0.25) is 0 Å². The molecule has 1 aliphatic heterocycles. The van der Waals surface area contributed by atoms with Crippen LogP contribution in [0.15, 0.2) is 84.0 Å². The van der Waals surface area contributed by atoms with E-state index in [0.29, 0.717) is 11.5 Å². The third kappa shape index (κ3) is 7.02. The third-order valence-corrected chi connectivity index (χ3v) is 6.33. The van der Waals surface area contributed by atoms with Gasteiger partial charge >= 0.3 is 6.18 Å². The normalized spacial score (nSPS) is 15.4. The Morgan fingerprint density at radius 3 is 2.26 bits per heavy atom. The summed E-state index contributed by atoms with van der Waals surface area (Å²) in [5.41, 5.74) is 4.31. The minimum absolute atomic E-state index is 0.108. The molecule has 3 aromatic rings. The highest BCUT2D eigenvalue weighted by Crippen LogP contribution is 2.31. The fraction of sp³-hybridized carbons (Fsp3) is 0.286. The Bertz CT molecular complexity index is 1140. The smallest absolute Gasteiger partial charge is 0.299 e. The van der Waals surface area contributed by atoms with Crippen LogP contribution in [0, 0.1) is 5.92 Å². The van der Waals surface area contributed by atoms with Crippen molar-refractivity contribution in [3.63, 3.8) is 0 Å². The largest absolute Gasteiger partial charge is 0.417 e. The van der Waals surface area contributed by atoms with Crippen LogP contribution in [-0.2, 0) is 19.1 Å². The van der Waals surface area contributed by atoms with E-state index < -0.39 is 17.6 Å². The Hall–Kier alpha value is -3.45. The zero-order chi connectivity index (χ0) is 24.7. The molecule has 0 aromatic heterocycles. The number of hydrazone groups is 1. The number of carbonyl (C=O) groups excluding carboxylic acids is 1. The summed E-state index contributed by atoms with van der Waals surface area (Å²) in [4.78, 5) is 14.8. The number of halogens is 3. The number of piperidine rings is 1. The van der Waals surface area contributed by atoms with Crippen LogP contribution in [0.5, 0.6) is 0 Å². The van der Waals surface area contributed by atoms with Crippen LogP contribution in [-0.4, -0.2) is 30.1 Å². The number of amides is 1. The molecule has 1 aliphatic rings. The first-order valence-electron chi connectivity index (χ1n) is 11.7. The average molecular weight is 480 g/mol. The van der Waals surface area contributed by atoms with E-state index >= 15 is 0 Å². The Morgan fingerprint density at radius 2 is 1.57 bits per heavy atom. The molecule has 1 saturated heterocycles. The molecule has 1 heterocycles. The topological polar surface area (TPSA) is 44.7 Å². The Labute approximate surface area is 203 Å². The average Bonchev–Trinajstić information content (AvgIpc) is 2.86. The molecule has 0 aliphatic carbocycles. The molecule has 1 amide bonds. The van der Waals surface area contributed by atoms with E-state index in [0.717, 1.165) is 43.9 Å². The van der Waals surface area contributed by atoms with Crippen molar-refractivity contribution in [3.05, 3.63) is 107 Å². The van der Waals surface area contributed by atoms with Gasteiger partial charge in [0.25, 0.3) is 5.91 Å². The molecule has 0 radical (unpaired) electrons. The maximum atomic E-state index is 13.1. The number of carbonyl (C=O) groups is 1. The number of nitrogens with one attached hydrogen (secondary N) is 1. The summed E-state index contributed by atoms with van der Waals surface area (Å²) < 4.78 is 39.2. The van der Waals surface area contributed by atoms with Gasteiger partial charge in [-0.2, -0.15) is 18.3 Å². The maximum Gasteiger partial charge on any atom is 0.417 e. The lowest BCUT2D eigenvalue weighted by Gasteiger charge is -2.32. The lowest BCUT2D eigenvalue weighted by atomic mass is 9.90. The number of rotatable bonds is 7. The van der Waals surface area contributed by atoms with Gasteiger partial charge in [0, 0.05) is 17.7 Å². The van der Waals surface area contributed by atoms with Gasteiger partial charge in [-0.15, -0.1) is 0 Å². The zero-order valence-electron chi connectivity index (χ0n) is 19.3. The molecule has 182 valence electrons. The summed E-state index contributed by atoms with van der Waals surface area (Å²) in [6, 6.07) is 22.9. The fourth-order valence-corrected chi connectivity index (χ4v) is 4.41. The number of benzene rings is 3. The first-order valence-corrected chi connectivity index (χ1v) is 11.7. The summed E-state index contributed by atoms with van der Waals surface area (Å²) in [7, 11) is 0. The van der Waals surface area contributed by atoms with Crippen LogP contribution in [0.3, 0.4) is 0 Å². The first-order chi connectivity index (χ1) is 16.9. The molecule has 0 bridgehead atoms. The van der Waals surface area contributed by atoms with Gasteiger partial charge in [0.05, 0.1) is 11.8 Å². The van der Waals surface area contributed by atoms with Gasteiger partial charge in [-0.25, -0.2) is 5.43 Å². The van der Waals surface area contributed by atoms with Gasteiger partial charge < -0.3 is 0 Å². The summed E-state index contributed by atoms with van der Waals surface area (Å²) >= 11 is 0. The summed E-state index contributed by atoms with van der Waals surface area (Å²) in [5.74, 6) is 0.238. The standard InChI is InChI=1S/C28H28F3N3O/c29-28(30,31)26-9-5-4-8-25(26)19-32-33-27(35)24-12-10-23(11-13-24)20-34-16-14-22(15-17-34)18-21-6-2-1-3-7-21/h1-13,19,22H,14-18,20H2,(H,33,35)/b32-19-. The summed E-state index contributed by atoms with van der Waals surface area (Å²) in [5, 5.41) is 3.71. The van der Waals surface area contributed by atoms with Crippen molar-refractivity contribution in [3.8, 4) is 0 Å². The first kappa shape index (κ1) is 24.7. The second-order valence-electron chi connectivity index (χ2n) is 8.89. The van der Waals surface area contributed by atoms with Crippen LogP contribution >= 0.6 is 0 Å². The number of alkyl halides is 3. The molecule has 0 spiro atoms. The van der Waals surface area contributed by atoms with E-state index in [1.165, 1.54) is 36.6 Å². The molecule has 0 unspecified atom stereocenters. The van der Waals surface area contributed by atoms with E-state index in [9.17, 15) is 18.0 Å². The van der Waals surface area contributed by atoms with Crippen LogP contribution < -0.4 is 5.43 Å². The predicted octanol–water partition coefficient (Wildman–Crippen LogP) is 5.92. The molecular formula is C28H28F3N3O. The SMILES string of the molecule is O=C(N/N=C\c1ccccc1C(F)(F)F)c1ccc(CN2CCC(Cc3ccccc3)CC2)cc1. The van der Waals surface area contributed by atoms with E-state index in [-0.39, 0.29) is 5.56 Å². The van der Waals surface area contributed by atoms with Crippen LogP contribution in [0.1, 0.15) is 45.5 Å². The van der Waals surface area contributed by atoms with Crippen molar-refractivity contribution in [1.29, 1.82) is 0 Å². The van der Waals surface area contributed by atoms with Gasteiger partial charge in [0.15, 0.2) is 0 Å². The van der Waals surface area contributed by atoms with Crippen molar-refractivity contribution in [1.82, 2.24) is 10.3 Å². The lowest BCUT2D eigenvalue weighted by molar-refractivity contribution is -0.137.